The minimum absolute atomic E-state index is 0.00409. The SMILES string of the molecule is O=C(C=Cc1ccccc1C=Cc1ccc2ccccc2n1)c1ccccc1. The lowest BCUT2D eigenvalue weighted by atomic mass is 10.0. The first-order valence-electron chi connectivity index (χ1n) is 9.20. The minimum atomic E-state index is -0.00409. The van der Waals surface area contributed by atoms with Gasteiger partial charge in [-0.2, -0.15) is 0 Å². The topological polar surface area (TPSA) is 30.0 Å². The predicted molar refractivity (Wildman–Crippen MR) is 117 cm³/mol. The second-order valence-corrected chi connectivity index (χ2v) is 6.45. The molecule has 0 aliphatic heterocycles. The molecule has 2 heteroatoms. The molecule has 4 rings (SSSR count). The molecule has 0 fully saturated rings. The van der Waals surface area contributed by atoms with Gasteiger partial charge in [-0.25, -0.2) is 4.98 Å². The predicted octanol–water partition coefficient (Wildman–Crippen LogP) is 6.30. The van der Waals surface area contributed by atoms with Crippen LogP contribution in [0, 0.1) is 0 Å². The molecule has 1 heterocycles. The zero-order chi connectivity index (χ0) is 19.2. The molecule has 0 N–H and O–H groups in total. The van der Waals surface area contributed by atoms with Gasteiger partial charge in [0.1, 0.15) is 0 Å². The van der Waals surface area contributed by atoms with Crippen molar-refractivity contribution in [1.82, 2.24) is 4.98 Å². The molecule has 0 saturated carbocycles. The van der Waals surface area contributed by atoms with Gasteiger partial charge >= 0.3 is 0 Å². The van der Waals surface area contributed by atoms with E-state index in [1.165, 1.54) is 0 Å². The molecule has 134 valence electrons. The molecule has 0 aliphatic rings. The van der Waals surface area contributed by atoms with Gasteiger partial charge < -0.3 is 0 Å². The highest BCUT2D eigenvalue weighted by molar-refractivity contribution is 6.07. The average molecular weight is 361 g/mol. The number of nitrogens with zero attached hydrogens (tertiary/aromatic N) is 1. The number of fused-ring (bicyclic) bond motifs is 1. The largest absolute Gasteiger partial charge is 0.289 e. The van der Waals surface area contributed by atoms with Crippen LogP contribution in [-0.2, 0) is 0 Å². The maximum atomic E-state index is 12.3. The normalized spacial score (nSPS) is 11.4. The van der Waals surface area contributed by atoms with E-state index in [2.05, 4.69) is 17.1 Å². The molecule has 2 nitrogen and oxygen atoms in total. The Bertz CT molecular complexity index is 1170. The molecule has 28 heavy (non-hydrogen) atoms. The van der Waals surface area contributed by atoms with Crippen LogP contribution in [0.15, 0.2) is 97.1 Å². The van der Waals surface area contributed by atoms with Gasteiger partial charge in [0.2, 0.25) is 0 Å². The fourth-order valence-electron chi connectivity index (χ4n) is 3.03. The van der Waals surface area contributed by atoms with Crippen LogP contribution in [0.4, 0.5) is 0 Å². The highest BCUT2D eigenvalue weighted by Gasteiger charge is 2.01. The number of rotatable bonds is 5. The Balaban J connectivity index is 1.57. The summed E-state index contributed by atoms with van der Waals surface area (Å²) in [6.45, 7) is 0. The zero-order valence-corrected chi connectivity index (χ0v) is 15.3. The molecule has 0 spiro atoms. The first-order valence-corrected chi connectivity index (χ1v) is 9.20. The lowest BCUT2D eigenvalue weighted by Crippen LogP contribution is -1.93. The molecule has 0 aliphatic carbocycles. The Morgan fingerprint density at radius 2 is 1.32 bits per heavy atom. The summed E-state index contributed by atoms with van der Waals surface area (Å²) in [5.41, 5.74) is 4.59. The maximum Gasteiger partial charge on any atom is 0.185 e. The number of hydrogen-bond donors (Lipinski definition) is 0. The summed E-state index contributed by atoms with van der Waals surface area (Å²) >= 11 is 0. The molecule has 0 radical (unpaired) electrons. The summed E-state index contributed by atoms with van der Waals surface area (Å²) in [6.07, 6.45) is 7.51. The van der Waals surface area contributed by atoms with Gasteiger partial charge in [-0.3, -0.25) is 4.79 Å². The molecule has 0 atom stereocenters. The van der Waals surface area contributed by atoms with E-state index in [1.54, 1.807) is 6.08 Å². The van der Waals surface area contributed by atoms with E-state index in [4.69, 9.17) is 0 Å². The first-order chi connectivity index (χ1) is 13.8. The van der Waals surface area contributed by atoms with Gasteiger partial charge in [0.05, 0.1) is 11.2 Å². The molecule has 0 bridgehead atoms. The standard InChI is InChI=1S/C26H19NO/c28-26(23-11-2-1-3-12-23)19-16-21-9-5-4-8-20(21)14-17-24-18-15-22-10-6-7-13-25(22)27-24/h1-19H. The third-order valence-corrected chi connectivity index (χ3v) is 4.52. The number of allylic oxidation sites excluding steroid dienone is 1. The summed E-state index contributed by atoms with van der Waals surface area (Å²) in [6, 6.07) is 29.4. The van der Waals surface area contributed by atoms with Crippen molar-refractivity contribution in [3.05, 3.63) is 119 Å². The van der Waals surface area contributed by atoms with E-state index in [9.17, 15) is 4.79 Å². The van der Waals surface area contributed by atoms with Crippen molar-refractivity contribution >= 4 is 34.9 Å². The molecule has 1 aromatic heterocycles. The number of ketones is 1. The van der Waals surface area contributed by atoms with Crippen molar-refractivity contribution in [2.75, 3.05) is 0 Å². The number of para-hydroxylation sites is 1. The van der Waals surface area contributed by atoms with Crippen LogP contribution in [0.25, 0.3) is 29.1 Å². The van der Waals surface area contributed by atoms with Crippen molar-refractivity contribution in [3.63, 3.8) is 0 Å². The van der Waals surface area contributed by atoms with Crippen LogP contribution >= 0.6 is 0 Å². The number of carbonyl (C=O) groups excluding carboxylic acids is 1. The van der Waals surface area contributed by atoms with Crippen LogP contribution in [-0.4, -0.2) is 10.8 Å². The van der Waals surface area contributed by atoms with E-state index < -0.39 is 0 Å². The monoisotopic (exact) mass is 361 g/mol. The van der Waals surface area contributed by atoms with Gasteiger partial charge in [-0.1, -0.05) is 91.0 Å². The second-order valence-electron chi connectivity index (χ2n) is 6.45. The van der Waals surface area contributed by atoms with Crippen LogP contribution < -0.4 is 0 Å². The zero-order valence-electron chi connectivity index (χ0n) is 15.3. The highest BCUT2D eigenvalue weighted by atomic mass is 16.1. The maximum absolute atomic E-state index is 12.3. The Morgan fingerprint density at radius 1 is 0.643 bits per heavy atom. The molecular weight excluding hydrogens is 342 g/mol. The molecule has 3 aromatic carbocycles. The summed E-state index contributed by atoms with van der Waals surface area (Å²) in [5.74, 6) is -0.00409. The minimum Gasteiger partial charge on any atom is -0.289 e. The number of aromatic nitrogens is 1. The Labute approximate surface area is 164 Å². The quantitative estimate of drug-likeness (QED) is 0.308. The smallest absolute Gasteiger partial charge is 0.185 e. The van der Waals surface area contributed by atoms with Crippen LogP contribution in [0.2, 0.25) is 0 Å². The average Bonchev–Trinajstić information content (AvgIpc) is 2.77. The second kappa shape index (κ2) is 8.28. The van der Waals surface area contributed by atoms with Crippen LogP contribution in [0.1, 0.15) is 27.2 Å². The van der Waals surface area contributed by atoms with E-state index in [0.29, 0.717) is 5.56 Å². The van der Waals surface area contributed by atoms with E-state index in [0.717, 1.165) is 27.7 Å². The molecule has 0 amide bonds. The van der Waals surface area contributed by atoms with E-state index in [1.807, 2.05) is 97.1 Å². The van der Waals surface area contributed by atoms with Crippen molar-refractivity contribution in [2.24, 2.45) is 0 Å². The lowest BCUT2D eigenvalue weighted by molar-refractivity contribution is 0.104. The molecule has 0 saturated heterocycles. The third-order valence-electron chi connectivity index (χ3n) is 4.52. The van der Waals surface area contributed by atoms with Crippen molar-refractivity contribution in [2.45, 2.75) is 0 Å². The third kappa shape index (κ3) is 4.13. The van der Waals surface area contributed by atoms with Crippen molar-refractivity contribution in [3.8, 4) is 0 Å². The van der Waals surface area contributed by atoms with Gasteiger partial charge in [0.25, 0.3) is 0 Å². The summed E-state index contributed by atoms with van der Waals surface area (Å²) in [4.78, 5) is 17.0. The lowest BCUT2D eigenvalue weighted by Gasteiger charge is -2.02. The summed E-state index contributed by atoms with van der Waals surface area (Å²) in [5, 5.41) is 1.13. The molecule has 0 unspecified atom stereocenters. The fraction of sp³-hybridized carbons (Fsp3) is 0. The Morgan fingerprint density at radius 3 is 2.14 bits per heavy atom. The highest BCUT2D eigenvalue weighted by Crippen LogP contribution is 2.17. The fourth-order valence-corrected chi connectivity index (χ4v) is 3.03. The van der Waals surface area contributed by atoms with Gasteiger partial charge in [0, 0.05) is 10.9 Å². The number of carbonyl (C=O) groups is 1. The van der Waals surface area contributed by atoms with Crippen LogP contribution in [0.5, 0.6) is 0 Å². The van der Waals surface area contributed by atoms with E-state index in [-0.39, 0.29) is 5.78 Å². The van der Waals surface area contributed by atoms with Crippen molar-refractivity contribution in [1.29, 1.82) is 0 Å². The Kier molecular flexibility index (Phi) is 5.21. The molecule has 4 aromatic rings. The van der Waals surface area contributed by atoms with Gasteiger partial charge in [0.15, 0.2) is 5.78 Å². The van der Waals surface area contributed by atoms with Gasteiger partial charge in [-0.05, 0) is 35.4 Å². The van der Waals surface area contributed by atoms with E-state index >= 15 is 0 Å². The summed E-state index contributed by atoms with van der Waals surface area (Å²) in [7, 11) is 0. The van der Waals surface area contributed by atoms with Gasteiger partial charge in [-0.15, -0.1) is 0 Å². The van der Waals surface area contributed by atoms with Crippen molar-refractivity contribution < 1.29 is 4.79 Å². The molecular formula is C26H19NO. The first kappa shape index (κ1) is 17.6. The summed E-state index contributed by atoms with van der Waals surface area (Å²) < 4.78 is 0. The Hall–Kier alpha value is -3.78. The van der Waals surface area contributed by atoms with Crippen LogP contribution in [0.3, 0.4) is 0 Å². The number of hydrogen-bond acceptors (Lipinski definition) is 2. The number of benzene rings is 3. The number of pyridine rings is 1.